The molecular weight excluding hydrogens is 276 g/mol. The van der Waals surface area contributed by atoms with Crippen molar-refractivity contribution in [3.05, 3.63) is 0 Å². The molecule has 0 N–H and O–H groups in total. The standard InChI is InChI=1S/C10H23BrO3Si/c1-5-12-15(13-6-2,14-7-3)9-10(4)8-11/h10H,5-9H2,1-4H3. The monoisotopic (exact) mass is 298 g/mol. The summed E-state index contributed by atoms with van der Waals surface area (Å²) in [5.74, 6) is 0.515. The van der Waals surface area contributed by atoms with Gasteiger partial charge in [0, 0.05) is 31.2 Å². The average Bonchev–Trinajstić information content (AvgIpc) is 2.18. The zero-order valence-electron chi connectivity index (χ0n) is 10.2. The lowest BCUT2D eigenvalue weighted by Gasteiger charge is -2.30. The Morgan fingerprint density at radius 2 is 1.40 bits per heavy atom. The molecule has 15 heavy (non-hydrogen) atoms. The highest BCUT2D eigenvalue weighted by Crippen LogP contribution is 2.22. The van der Waals surface area contributed by atoms with Gasteiger partial charge in [0.15, 0.2) is 0 Å². The molecule has 0 rings (SSSR count). The second-order valence-electron chi connectivity index (χ2n) is 3.45. The van der Waals surface area contributed by atoms with Crippen LogP contribution in [0, 0.1) is 5.92 Å². The number of hydrogen-bond donors (Lipinski definition) is 0. The van der Waals surface area contributed by atoms with Gasteiger partial charge in [-0.15, -0.1) is 0 Å². The van der Waals surface area contributed by atoms with E-state index in [-0.39, 0.29) is 0 Å². The first-order valence-electron chi connectivity index (χ1n) is 5.61. The molecule has 0 fully saturated rings. The van der Waals surface area contributed by atoms with E-state index in [1.54, 1.807) is 0 Å². The molecule has 0 aliphatic rings. The molecule has 0 heterocycles. The number of hydrogen-bond acceptors (Lipinski definition) is 3. The molecule has 0 aromatic rings. The maximum atomic E-state index is 5.76. The minimum absolute atomic E-state index is 0.515. The van der Waals surface area contributed by atoms with Gasteiger partial charge in [-0.3, -0.25) is 0 Å². The van der Waals surface area contributed by atoms with E-state index in [0.29, 0.717) is 25.7 Å². The summed E-state index contributed by atoms with van der Waals surface area (Å²) in [6, 6.07) is 0.883. The highest BCUT2D eigenvalue weighted by atomic mass is 79.9. The van der Waals surface area contributed by atoms with Crippen molar-refractivity contribution in [2.24, 2.45) is 5.92 Å². The van der Waals surface area contributed by atoms with Crippen LogP contribution in [0.5, 0.6) is 0 Å². The van der Waals surface area contributed by atoms with Crippen LogP contribution in [0.4, 0.5) is 0 Å². The van der Waals surface area contributed by atoms with Crippen molar-refractivity contribution < 1.29 is 13.3 Å². The molecule has 0 saturated carbocycles. The van der Waals surface area contributed by atoms with Gasteiger partial charge in [-0.2, -0.15) is 0 Å². The Morgan fingerprint density at radius 1 is 1.00 bits per heavy atom. The maximum absolute atomic E-state index is 5.76. The number of alkyl halides is 1. The van der Waals surface area contributed by atoms with Crippen LogP contribution < -0.4 is 0 Å². The molecule has 3 nitrogen and oxygen atoms in total. The van der Waals surface area contributed by atoms with Gasteiger partial charge in [0.1, 0.15) is 0 Å². The fraction of sp³-hybridized carbons (Fsp3) is 1.00. The first kappa shape index (κ1) is 15.6. The van der Waals surface area contributed by atoms with Crippen molar-refractivity contribution >= 4 is 24.7 Å². The average molecular weight is 299 g/mol. The van der Waals surface area contributed by atoms with Crippen molar-refractivity contribution in [1.29, 1.82) is 0 Å². The Bertz CT molecular complexity index is 141. The summed E-state index contributed by atoms with van der Waals surface area (Å²) >= 11 is 3.48. The van der Waals surface area contributed by atoms with Gasteiger partial charge in [0.25, 0.3) is 0 Å². The fourth-order valence-corrected chi connectivity index (χ4v) is 5.02. The summed E-state index contributed by atoms with van der Waals surface area (Å²) in [5.41, 5.74) is 0. The van der Waals surface area contributed by atoms with Crippen molar-refractivity contribution in [2.75, 3.05) is 25.2 Å². The third-order valence-electron chi connectivity index (χ3n) is 1.95. The first-order chi connectivity index (χ1) is 7.14. The van der Waals surface area contributed by atoms with Crippen LogP contribution in [-0.2, 0) is 13.3 Å². The summed E-state index contributed by atoms with van der Waals surface area (Å²) in [6.45, 7) is 10.1. The molecule has 0 saturated heterocycles. The lowest BCUT2D eigenvalue weighted by molar-refractivity contribution is 0.0684. The van der Waals surface area contributed by atoms with Crippen molar-refractivity contribution in [1.82, 2.24) is 0 Å². The van der Waals surface area contributed by atoms with Gasteiger partial charge >= 0.3 is 8.80 Å². The largest absolute Gasteiger partial charge is 0.501 e. The lowest BCUT2D eigenvalue weighted by atomic mass is 10.3. The molecule has 0 aliphatic heterocycles. The smallest absolute Gasteiger partial charge is 0.374 e. The second-order valence-corrected chi connectivity index (χ2v) is 6.73. The zero-order chi connectivity index (χ0) is 11.7. The molecule has 0 radical (unpaired) electrons. The molecule has 0 aliphatic carbocycles. The molecule has 0 amide bonds. The molecule has 0 aromatic heterocycles. The van der Waals surface area contributed by atoms with E-state index in [4.69, 9.17) is 13.3 Å². The fourth-order valence-electron chi connectivity index (χ4n) is 1.44. The van der Waals surface area contributed by atoms with Crippen LogP contribution in [0.25, 0.3) is 0 Å². The van der Waals surface area contributed by atoms with Crippen molar-refractivity contribution in [2.45, 2.75) is 33.7 Å². The minimum atomic E-state index is -2.41. The maximum Gasteiger partial charge on any atom is 0.501 e. The van der Waals surface area contributed by atoms with Gasteiger partial charge in [0.2, 0.25) is 0 Å². The van der Waals surface area contributed by atoms with Crippen LogP contribution in [-0.4, -0.2) is 34.0 Å². The minimum Gasteiger partial charge on any atom is -0.374 e. The Kier molecular flexibility index (Phi) is 9.03. The normalized spacial score (nSPS) is 14.2. The summed E-state index contributed by atoms with van der Waals surface area (Å²) in [5, 5.41) is 0.953. The van der Waals surface area contributed by atoms with Gasteiger partial charge in [0.05, 0.1) is 0 Å². The third-order valence-corrected chi connectivity index (χ3v) is 6.44. The first-order valence-corrected chi connectivity index (χ1v) is 8.67. The molecule has 92 valence electrons. The van der Waals surface area contributed by atoms with Crippen LogP contribution in [0.2, 0.25) is 6.04 Å². The Morgan fingerprint density at radius 3 is 1.67 bits per heavy atom. The third kappa shape index (κ3) is 6.02. The molecule has 1 unspecified atom stereocenters. The van der Waals surface area contributed by atoms with Crippen molar-refractivity contribution in [3.8, 4) is 0 Å². The van der Waals surface area contributed by atoms with E-state index in [1.165, 1.54) is 0 Å². The highest BCUT2D eigenvalue weighted by molar-refractivity contribution is 9.09. The molecule has 0 spiro atoms. The summed E-state index contributed by atoms with van der Waals surface area (Å²) in [6.07, 6.45) is 0. The topological polar surface area (TPSA) is 27.7 Å². The Balaban J connectivity index is 4.44. The van der Waals surface area contributed by atoms with E-state index in [0.717, 1.165) is 11.4 Å². The van der Waals surface area contributed by atoms with Crippen LogP contribution >= 0.6 is 15.9 Å². The zero-order valence-corrected chi connectivity index (χ0v) is 12.8. The molecule has 1 atom stereocenters. The summed E-state index contributed by atoms with van der Waals surface area (Å²) in [7, 11) is -2.41. The van der Waals surface area contributed by atoms with Crippen LogP contribution in [0.15, 0.2) is 0 Å². The predicted molar refractivity (Wildman–Crippen MR) is 68.4 cm³/mol. The molecule has 5 heteroatoms. The van der Waals surface area contributed by atoms with Crippen LogP contribution in [0.1, 0.15) is 27.7 Å². The van der Waals surface area contributed by atoms with Gasteiger partial charge < -0.3 is 13.3 Å². The molecule has 0 bridgehead atoms. The lowest BCUT2D eigenvalue weighted by Crippen LogP contribution is -2.47. The predicted octanol–water partition coefficient (Wildman–Crippen LogP) is 3.07. The summed E-state index contributed by atoms with van der Waals surface area (Å²) < 4.78 is 17.3. The molecular formula is C10H23BrO3Si. The van der Waals surface area contributed by atoms with E-state index in [2.05, 4.69) is 22.9 Å². The van der Waals surface area contributed by atoms with Crippen molar-refractivity contribution in [3.63, 3.8) is 0 Å². The highest BCUT2D eigenvalue weighted by Gasteiger charge is 2.41. The quantitative estimate of drug-likeness (QED) is 0.484. The Labute approximate surface area is 103 Å². The van der Waals surface area contributed by atoms with E-state index in [1.807, 2.05) is 20.8 Å². The van der Waals surface area contributed by atoms with E-state index in [9.17, 15) is 0 Å². The second kappa shape index (κ2) is 8.70. The SMILES string of the molecule is CCO[Si](CC(C)CBr)(OCC)OCC. The van der Waals surface area contributed by atoms with E-state index >= 15 is 0 Å². The molecule has 0 aromatic carbocycles. The summed E-state index contributed by atoms with van der Waals surface area (Å²) in [4.78, 5) is 0. The van der Waals surface area contributed by atoms with Crippen LogP contribution in [0.3, 0.4) is 0 Å². The number of rotatable bonds is 9. The van der Waals surface area contributed by atoms with Gasteiger partial charge in [-0.05, 0) is 26.7 Å². The number of halogens is 1. The van der Waals surface area contributed by atoms with E-state index < -0.39 is 8.80 Å². The van der Waals surface area contributed by atoms with Gasteiger partial charge in [-0.25, -0.2) is 0 Å². The van der Waals surface area contributed by atoms with Gasteiger partial charge in [-0.1, -0.05) is 22.9 Å². The Hall–Kier alpha value is 0.577.